The molecule has 0 aliphatic carbocycles. The average molecular weight is 447 g/mol. The number of aryl methyl sites for hydroxylation is 1. The number of hydrogen-bond donors (Lipinski definition) is 1. The fraction of sp³-hybridized carbons (Fsp3) is 0.393. The zero-order valence-corrected chi connectivity index (χ0v) is 20.7. The van der Waals surface area contributed by atoms with Crippen molar-refractivity contribution < 1.29 is 14.3 Å². The second-order valence-corrected chi connectivity index (χ2v) is 10.0. The Bertz CT molecular complexity index is 1170. The lowest BCUT2D eigenvalue weighted by atomic mass is 9.90. The minimum atomic E-state index is -0.581. The Balaban J connectivity index is 2.24. The van der Waals surface area contributed by atoms with Gasteiger partial charge in [0.15, 0.2) is 5.78 Å². The Morgan fingerprint density at radius 1 is 1.06 bits per heavy atom. The molecule has 0 aliphatic rings. The largest absolute Gasteiger partial charge is 0.444 e. The van der Waals surface area contributed by atoms with E-state index in [1.807, 2.05) is 39.0 Å². The summed E-state index contributed by atoms with van der Waals surface area (Å²) in [6.07, 6.45) is 0.305. The van der Waals surface area contributed by atoms with Gasteiger partial charge < -0.3 is 10.1 Å². The summed E-state index contributed by atoms with van der Waals surface area (Å²) in [5, 5.41) is 3.83. The first-order chi connectivity index (χ1) is 15.4. The smallest absolute Gasteiger partial charge is 0.407 e. The van der Waals surface area contributed by atoms with Crippen molar-refractivity contribution in [3.63, 3.8) is 0 Å². The van der Waals surface area contributed by atoms with E-state index in [1.165, 1.54) is 0 Å². The van der Waals surface area contributed by atoms with Gasteiger partial charge in [0.2, 0.25) is 0 Å². The maximum atomic E-state index is 12.5. The third-order valence-electron chi connectivity index (χ3n) is 5.33. The van der Waals surface area contributed by atoms with E-state index in [0.29, 0.717) is 11.5 Å². The van der Waals surface area contributed by atoms with Crippen LogP contribution in [0.3, 0.4) is 0 Å². The van der Waals surface area contributed by atoms with Crippen molar-refractivity contribution in [3.8, 4) is 11.1 Å². The van der Waals surface area contributed by atoms with Crippen LogP contribution in [-0.2, 0) is 17.7 Å². The normalized spacial score (nSPS) is 11.6. The number of benzene rings is 2. The first-order valence-corrected chi connectivity index (χ1v) is 11.4. The molecule has 0 aliphatic heterocycles. The number of rotatable bonds is 6. The molecule has 2 aromatic carbocycles. The number of fused-ring (bicyclic) bond motifs is 1. The van der Waals surface area contributed by atoms with Crippen LogP contribution in [0.5, 0.6) is 0 Å². The van der Waals surface area contributed by atoms with Crippen LogP contribution < -0.4 is 5.32 Å². The Morgan fingerprint density at radius 3 is 2.30 bits per heavy atom. The molecule has 0 radical (unpaired) electrons. The number of ether oxygens (including phenoxy) is 1. The molecule has 1 amide bonds. The van der Waals surface area contributed by atoms with Crippen LogP contribution in [0, 0.1) is 12.8 Å². The Labute approximate surface area is 196 Å². The van der Waals surface area contributed by atoms with Gasteiger partial charge in [0.1, 0.15) is 5.60 Å². The van der Waals surface area contributed by atoms with Crippen LogP contribution in [0.2, 0.25) is 0 Å². The van der Waals surface area contributed by atoms with Gasteiger partial charge in [-0.2, -0.15) is 0 Å². The molecule has 3 rings (SSSR count). The molecular weight excluding hydrogens is 412 g/mol. The molecule has 1 heterocycles. The first-order valence-electron chi connectivity index (χ1n) is 11.4. The van der Waals surface area contributed by atoms with Crippen molar-refractivity contribution in [2.24, 2.45) is 5.92 Å². The lowest BCUT2D eigenvalue weighted by Gasteiger charge is -2.22. The summed E-state index contributed by atoms with van der Waals surface area (Å²) in [7, 11) is 0. The highest BCUT2D eigenvalue weighted by atomic mass is 16.6. The number of amides is 1. The number of nitrogens with one attached hydrogen (secondary N) is 1. The minimum absolute atomic E-state index is 0.00597. The molecule has 1 N–H and O–H groups in total. The molecule has 174 valence electrons. The van der Waals surface area contributed by atoms with Gasteiger partial charge in [-0.3, -0.25) is 9.78 Å². The van der Waals surface area contributed by atoms with Gasteiger partial charge in [-0.1, -0.05) is 43.7 Å². The SMILES string of the molecule is CC(=O)c1ccc2nc(CC(C)C)c(CNC(=O)OC(C)(C)C)c(-c3ccc(C)cc3)c2c1. The zero-order valence-electron chi connectivity index (χ0n) is 20.7. The number of carbonyl (C=O) groups excluding carboxylic acids is 2. The topological polar surface area (TPSA) is 68.3 Å². The van der Waals surface area contributed by atoms with Gasteiger partial charge in [-0.15, -0.1) is 0 Å². The fourth-order valence-corrected chi connectivity index (χ4v) is 3.84. The van der Waals surface area contributed by atoms with Gasteiger partial charge in [-0.05, 0) is 76.3 Å². The monoisotopic (exact) mass is 446 g/mol. The summed E-state index contributed by atoms with van der Waals surface area (Å²) in [5.74, 6) is 0.393. The molecule has 0 fully saturated rings. The number of pyridine rings is 1. The van der Waals surface area contributed by atoms with Crippen LogP contribution in [-0.4, -0.2) is 22.5 Å². The predicted octanol–water partition coefficient (Wildman–Crippen LogP) is 6.64. The van der Waals surface area contributed by atoms with Crippen LogP contribution >= 0.6 is 0 Å². The van der Waals surface area contributed by atoms with Gasteiger partial charge in [0, 0.05) is 28.8 Å². The number of nitrogens with zero attached hydrogens (tertiary/aromatic N) is 1. The lowest BCUT2D eigenvalue weighted by molar-refractivity contribution is 0.0523. The highest BCUT2D eigenvalue weighted by Gasteiger charge is 2.21. The van der Waals surface area contributed by atoms with Crippen LogP contribution in [0.4, 0.5) is 4.79 Å². The van der Waals surface area contributed by atoms with E-state index < -0.39 is 11.7 Å². The van der Waals surface area contributed by atoms with Crippen molar-refractivity contribution in [3.05, 3.63) is 64.8 Å². The van der Waals surface area contributed by atoms with Gasteiger partial charge in [0.05, 0.1) is 5.52 Å². The van der Waals surface area contributed by atoms with Crippen molar-refractivity contribution in [1.29, 1.82) is 0 Å². The molecule has 0 unspecified atom stereocenters. The van der Waals surface area contributed by atoms with Gasteiger partial charge >= 0.3 is 6.09 Å². The minimum Gasteiger partial charge on any atom is -0.444 e. The molecular formula is C28H34N2O3. The molecule has 0 spiro atoms. The first kappa shape index (κ1) is 24.4. The second-order valence-electron chi connectivity index (χ2n) is 10.0. The van der Waals surface area contributed by atoms with E-state index >= 15 is 0 Å². The van der Waals surface area contributed by atoms with Crippen molar-refractivity contribution in [2.75, 3.05) is 0 Å². The standard InChI is InChI=1S/C28H34N2O3/c1-17(2)14-25-23(16-29-27(32)33-28(5,6)7)26(20-10-8-18(3)9-11-20)22-15-21(19(4)31)12-13-24(22)30-25/h8-13,15,17H,14,16H2,1-7H3,(H,29,32). The van der Waals surface area contributed by atoms with E-state index in [2.05, 4.69) is 50.4 Å². The molecule has 0 saturated carbocycles. The van der Waals surface area contributed by atoms with E-state index in [-0.39, 0.29) is 12.3 Å². The van der Waals surface area contributed by atoms with Crippen molar-refractivity contribution in [1.82, 2.24) is 10.3 Å². The second kappa shape index (κ2) is 9.74. The number of Topliss-reactive ketones (excluding diaryl/α,β-unsaturated/α-hetero) is 1. The van der Waals surface area contributed by atoms with E-state index in [4.69, 9.17) is 9.72 Å². The van der Waals surface area contributed by atoms with Crippen LogP contribution in [0.25, 0.3) is 22.0 Å². The summed E-state index contributed by atoms with van der Waals surface area (Å²) in [4.78, 5) is 29.6. The quantitative estimate of drug-likeness (QED) is 0.431. The Hall–Kier alpha value is -3.21. The maximum Gasteiger partial charge on any atom is 0.407 e. The summed E-state index contributed by atoms with van der Waals surface area (Å²) < 4.78 is 5.46. The predicted molar refractivity (Wildman–Crippen MR) is 134 cm³/mol. The summed E-state index contributed by atoms with van der Waals surface area (Å²) in [6.45, 7) is 13.7. The zero-order chi connectivity index (χ0) is 24.3. The third-order valence-corrected chi connectivity index (χ3v) is 5.33. The van der Waals surface area contributed by atoms with E-state index in [9.17, 15) is 9.59 Å². The molecule has 5 nitrogen and oxygen atoms in total. The van der Waals surface area contributed by atoms with Crippen molar-refractivity contribution in [2.45, 2.75) is 67.0 Å². The summed E-state index contributed by atoms with van der Waals surface area (Å²) in [5.41, 5.74) is 5.98. The number of alkyl carbamates (subject to hydrolysis) is 1. The average Bonchev–Trinajstić information content (AvgIpc) is 2.70. The maximum absolute atomic E-state index is 12.5. The molecule has 5 heteroatoms. The Kier molecular flexibility index (Phi) is 7.21. The van der Waals surface area contributed by atoms with Gasteiger partial charge in [0.25, 0.3) is 0 Å². The Morgan fingerprint density at radius 2 is 1.73 bits per heavy atom. The number of carbonyl (C=O) groups is 2. The highest BCUT2D eigenvalue weighted by molar-refractivity contribution is 6.03. The third kappa shape index (κ3) is 6.19. The fourth-order valence-electron chi connectivity index (χ4n) is 3.84. The molecule has 0 saturated heterocycles. The van der Waals surface area contributed by atoms with Gasteiger partial charge in [-0.25, -0.2) is 4.79 Å². The molecule has 33 heavy (non-hydrogen) atoms. The van der Waals surface area contributed by atoms with E-state index in [0.717, 1.165) is 45.3 Å². The summed E-state index contributed by atoms with van der Waals surface area (Å²) in [6, 6.07) is 14.0. The lowest BCUT2D eigenvalue weighted by Crippen LogP contribution is -2.32. The number of aromatic nitrogens is 1. The molecule has 3 aromatic rings. The molecule has 1 aromatic heterocycles. The number of ketones is 1. The summed E-state index contributed by atoms with van der Waals surface area (Å²) >= 11 is 0. The molecule has 0 bridgehead atoms. The van der Waals surface area contributed by atoms with Crippen LogP contribution in [0.1, 0.15) is 68.7 Å². The number of hydrogen-bond acceptors (Lipinski definition) is 4. The van der Waals surface area contributed by atoms with E-state index in [1.54, 1.807) is 6.92 Å². The van der Waals surface area contributed by atoms with Crippen LogP contribution in [0.15, 0.2) is 42.5 Å². The molecule has 0 atom stereocenters. The van der Waals surface area contributed by atoms with Crippen molar-refractivity contribution >= 4 is 22.8 Å². The highest BCUT2D eigenvalue weighted by Crippen LogP contribution is 2.35.